The number of rotatable bonds is 4. The Kier molecular flexibility index (Phi) is 10.4. The molecule has 8 rings (SSSR count). The highest BCUT2D eigenvalue weighted by atomic mass is 35.5. The highest BCUT2D eigenvalue weighted by molar-refractivity contribution is 6.30. The van der Waals surface area contributed by atoms with Crippen LogP contribution in [0.1, 0.15) is 44.5 Å². The van der Waals surface area contributed by atoms with Gasteiger partial charge in [-0.15, -0.1) is 12.4 Å². The van der Waals surface area contributed by atoms with E-state index in [1.165, 1.54) is 0 Å². The number of fused-ring (bicyclic) bond motifs is 2. The van der Waals surface area contributed by atoms with Crippen LogP contribution in [0.4, 0.5) is 0 Å². The first-order valence-electron chi connectivity index (χ1n) is 13.9. The molecule has 2 aromatic carbocycles. The molecule has 4 aromatic heterocycles. The number of likely N-dealkylation sites (tertiary alicyclic amines) is 1. The molecule has 0 radical (unpaired) electrons. The van der Waals surface area contributed by atoms with E-state index in [9.17, 15) is 9.59 Å². The van der Waals surface area contributed by atoms with Crippen molar-refractivity contribution < 1.29 is 14.7 Å². The molecule has 1 amide bonds. The summed E-state index contributed by atoms with van der Waals surface area (Å²) in [5.41, 5.74) is 4.75. The molecule has 46 heavy (non-hydrogen) atoms. The second-order valence-electron chi connectivity index (χ2n) is 10.2. The van der Waals surface area contributed by atoms with Crippen LogP contribution in [0.3, 0.4) is 0 Å². The average molecular weight is 682 g/mol. The number of aromatic carboxylic acids is 1. The number of H-pyrrole nitrogens is 2. The predicted molar refractivity (Wildman–Crippen MR) is 175 cm³/mol. The zero-order valence-electron chi connectivity index (χ0n) is 24.0. The third-order valence-corrected chi connectivity index (χ3v) is 7.85. The van der Waals surface area contributed by atoms with Crippen LogP contribution >= 0.6 is 35.6 Å². The molecule has 2 aliphatic rings. The van der Waals surface area contributed by atoms with Crippen LogP contribution < -0.4 is 5.32 Å². The number of carbonyl (C=O) groups is 2. The molecule has 2 saturated heterocycles. The van der Waals surface area contributed by atoms with Crippen LogP contribution in [0, 0.1) is 0 Å². The van der Waals surface area contributed by atoms with Crippen molar-refractivity contribution in [3.8, 4) is 0 Å². The van der Waals surface area contributed by atoms with E-state index in [0.717, 1.165) is 41.0 Å². The van der Waals surface area contributed by atoms with Gasteiger partial charge >= 0.3 is 5.97 Å². The lowest BCUT2D eigenvalue weighted by Crippen LogP contribution is -2.49. The topological polar surface area (TPSA) is 179 Å². The fraction of sp³-hybridized carbons (Fsp3) is 0.200. The van der Waals surface area contributed by atoms with Gasteiger partial charge in [0.15, 0.2) is 16.1 Å². The Morgan fingerprint density at radius 1 is 0.717 bits per heavy atom. The first-order chi connectivity index (χ1) is 21.9. The highest BCUT2D eigenvalue weighted by Gasteiger charge is 2.35. The Morgan fingerprint density at radius 3 is 1.67 bits per heavy atom. The number of hydrogen-bond acceptors (Lipinski definition) is 9. The molecule has 6 aromatic rings. The quantitative estimate of drug-likeness (QED) is 0.203. The molecule has 2 fully saturated rings. The van der Waals surface area contributed by atoms with Crippen molar-refractivity contribution in [3.63, 3.8) is 0 Å². The van der Waals surface area contributed by atoms with Crippen molar-refractivity contribution in [1.82, 2.24) is 50.1 Å². The number of imidazole rings is 2. The van der Waals surface area contributed by atoms with Crippen LogP contribution in [0.5, 0.6) is 0 Å². The number of carboxylic acid groups (broad SMARTS) is 1. The number of nitrogens with one attached hydrogen (secondary N) is 3. The maximum absolute atomic E-state index is 12.4. The maximum Gasteiger partial charge on any atom is 0.371 e. The van der Waals surface area contributed by atoms with Gasteiger partial charge in [0, 0.05) is 62.8 Å². The van der Waals surface area contributed by atoms with E-state index in [1.54, 1.807) is 41.8 Å². The van der Waals surface area contributed by atoms with Gasteiger partial charge in [-0.2, -0.15) is 0 Å². The van der Waals surface area contributed by atoms with E-state index in [-0.39, 0.29) is 30.1 Å². The van der Waals surface area contributed by atoms with E-state index in [4.69, 9.17) is 28.3 Å². The Balaban J connectivity index is 0.000000147. The van der Waals surface area contributed by atoms with Crippen molar-refractivity contribution in [3.05, 3.63) is 107 Å². The number of carbonyl (C=O) groups excluding carboxylic acids is 1. The third kappa shape index (κ3) is 7.23. The number of hydrogen-bond donors (Lipinski definition) is 4. The highest BCUT2D eigenvalue weighted by Crippen LogP contribution is 2.30. The van der Waals surface area contributed by atoms with Gasteiger partial charge in [-0.25, -0.2) is 24.7 Å². The van der Waals surface area contributed by atoms with Crippen molar-refractivity contribution in [2.24, 2.45) is 0 Å². The Labute approximate surface area is 278 Å². The van der Waals surface area contributed by atoms with E-state index in [2.05, 4.69) is 45.2 Å². The predicted octanol–water partition coefficient (Wildman–Crippen LogP) is 4.75. The second-order valence-corrected chi connectivity index (χ2v) is 11.0. The standard InChI is InChI=1S/C15H12ClN5O.C8H6N2O2.C7H8ClN3.ClH/c16-13-12(17-5-6-18-13)9-7-21(8-9)15(22)14-19-10-3-1-2-4-11(10)20-14;11-8(12)7-9-5-3-1-2-4-6(5)10-7;8-7-6(5-3-9-4-5)10-1-2-11-7;/h1-6,9H,7-8H2,(H,19,20);1-4H,(H,9,10)(H,11,12);1-2,5,9H,3-4H2;1H. The summed E-state index contributed by atoms with van der Waals surface area (Å²) < 4.78 is 0. The lowest BCUT2D eigenvalue weighted by molar-refractivity contribution is 0.0586. The Morgan fingerprint density at radius 2 is 1.20 bits per heavy atom. The molecule has 0 unspecified atom stereocenters. The summed E-state index contributed by atoms with van der Waals surface area (Å²) in [5, 5.41) is 12.7. The fourth-order valence-electron chi connectivity index (χ4n) is 4.77. The van der Waals surface area contributed by atoms with Crippen LogP contribution in [0.25, 0.3) is 22.1 Å². The van der Waals surface area contributed by atoms with Crippen molar-refractivity contribution >= 4 is 69.6 Å². The number of nitrogens with zero attached hydrogens (tertiary/aromatic N) is 7. The zero-order chi connectivity index (χ0) is 31.3. The SMILES string of the molecule is Cl.Clc1nccnc1C1CNC1.O=C(O)c1nc2ccccc2[nH]1.O=C(c1nc2ccccc2[nH]1)N1CC(c2nccnc2Cl)C1. The summed E-state index contributed by atoms with van der Waals surface area (Å²) in [5.74, 6) is -0.189. The van der Waals surface area contributed by atoms with Crippen molar-refractivity contribution in [2.75, 3.05) is 26.2 Å². The minimum atomic E-state index is -1.04. The number of aromatic amines is 2. The monoisotopic (exact) mass is 680 g/mol. The summed E-state index contributed by atoms with van der Waals surface area (Å²) in [6.07, 6.45) is 6.46. The van der Waals surface area contributed by atoms with E-state index < -0.39 is 5.97 Å². The van der Waals surface area contributed by atoms with Gasteiger partial charge in [0.2, 0.25) is 5.82 Å². The van der Waals surface area contributed by atoms with Crippen LogP contribution in [-0.4, -0.2) is 87.9 Å². The largest absolute Gasteiger partial charge is 0.475 e. The number of carboxylic acids is 1. The molecule has 13 nitrogen and oxygen atoms in total. The molecule has 0 atom stereocenters. The summed E-state index contributed by atoms with van der Waals surface area (Å²) in [6.45, 7) is 3.10. The minimum Gasteiger partial charge on any atom is -0.475 e. The molecule has 2 aliphatic heterocycles. The molecular weight excluding hydrogens is 655 g/mol. The first-order valence-corrected chi connectivity index (χ1v) is 14.7. The van der Waals surface area contributed by atoms with Crippen LogP contribution in [0.2, 0.25) is 10.3 Å². The maximum atomic E-state index is 12.4. The van der Waals surface area contributed by atoms with Gasteiger partial charge in [0.05, 0.1) is 33.5 Å². The number of halogens is 3. The van der Waals surface area contributed by atoms with Gasteiger partial charge in [-0.1, -0.05) is 47.5 Å². The smallest absolute Gasteiger partial charge is 0.371 e. The summed E-state index contributed by atoms with van der Waals surface area (Å²) in [7, 11) is 0. The van der Waals surface area contributed by atoms with Crippen LogP contribution in [-0.2, 0) is 0 Å². The van der Waals surface area contributed by atoms with E-state index in [0.29, 0.717) is 40.7 Å². The minimum absolute atomic E-state index is 0. The number of benzene rings is 2. The number of para-hydroxylation sites is 4. The third-order valence-electron chi connectivity index (χ3n) is 7.27. The molecule has 6 heterocycles. The first kappa shape index (κ1) is 32.7. The molecule has 0 aliphatic carbocycles. The molecule has 4 N–H and O–H groups in total. The van der Waals surface area contributed by atoms with Gasteiger partial charge in [-0.05, 0) is 24.3 Å². The molecule has 0 bridgehead atoms. The second kappa shape index (κ2) is 14.6. The summed E-state index contributed by atoms with van der Waals surface area (Å²) in [4.78, 5) is 54.9. The Bertz CT molecular complexity index is 1910. The number of amides is 1. The normalized spacial score (nSPS) is 14.2. The Hall–Kier alpha value is -4.69. The average Bonchev–Trinajstić information content (AvgIpc) is 3.63. The van der Waals surface area contributed by atoms with Gasteiger partial charge in [0.1, 0.15) is 0 Å². The molecular formula is C30H27Cl3N10O3. The molecule has 236 valence electrons. The zero-order valence-corrected chi connectivity index (χ0v) is 26.3. The lowest BCUT2D eigenvalue weighted by Gasteiger charge is -2.38. The molecule has 0 saturated carbocycles. The van der Waals surface area contributed by atoms with Crippen LogP contribution in [0.15, 0.2) is 73.3 Å². The molecule has 16 heteroatoms. The van der Waals surface area contributed by atoms with Gasteiger partial charge in [-0.3, -0.25) is 14.8 Å². The van der Waals surface area contributed by atoms with Gasteiger partial charge < -0.3 is 25.3 Å². The lowest BCUT2D eigenvalue weighted by atomic mass is 9.96. The van der Waals surface area contributed by atoms with E-state index >= 15 is 0 Å². The summed E-state index contributed by atoms with van der Waals surface area (Å²) in [6, 6.07) is 14.8. The summed E-state index contributed by atoms with van der Waals surface area (Å²) >= 11 is 11.9. The van der Waals surface area contributed by atoms with Crippen molar-refractivity contribution in [2.45, 2.75) is 11.8 Å². The number of aromatic nitrogens is 8. The van der Waals surface area contributed by atoms with E-state index in [1.807, 2.05) is 36.4 Å². The molecule has 0 spiro atoms. The van der Waals surface area contributed by atoms with Gasteiger partial charge in [0.25, 0.3) is 5.91 Å². The van der Waals surface area contributed by atoms with Crippen molar-refractivity contribution in [1.29, 1.82) is 0 Å². The fourth-order valence-corrected chi connectivity index (χ4v) is 5.29.